The quantitative estimate of drug-likeness (QED) is 0.801. The number of hydrogen-bond donors (Lipinski definition) is 0. The molecule has 0 unspecified atom stereocenters. The molecule has 0 saturated carbocycles. The molecule has 2 rings (SSSR count). The summed E-state index contributed by atoms with van der Waals surface area (Å²) in [6.45, 7) is 6.33. The molecule has 0 amide bonds. The van der Waals surface area contributed by atoms with Crippen molar-refractivity contribution in [3.63, 3.8) is 0 Å². The zero-order chi connectivity index (χ0) is 13.3. The molecule has 0 aliphatic carbocycles. The van der Waals surface area contributed by atoms with Crippen LogP contribution in [-0.2, 0) is 11.3 Å². The molecule has 0 atom stereocenters. The fourth-order valence-electron chi connectivity index (χ4n) is 1.70. The molecule has 0 aromatic carbocycles. The van der Waals surface area contributed by atoms with Crippen LogP contribution >= 0.6 is 11.6 Å². The van der Waals surface area contributed by atoms with Gasteiger partial charge < -0.3 is 4.74 Å². The van der Waals surface area contributed by atoms with Gasteiger partial charge in [0.25, 0.3) is 0 Å². The first-order chi connectivity index (χ1) is 8.52. The van der Waals surface area contributed by atoms with Crippen molar-refractivity contribution in [1.82, 2.24) is 19.7 Å². The van der Waals surface area contributed by atoms with E-state index < -0.39 is 0 Å². The highest BCUT2D eigenvalue weighted by Gasteiger charge is 2.12. The first-order valence-electron chi connectivity index (χ1n) is 5.58. The number of hydrogen-bond acceptors (Lipinski definition) is 4. The second kappa shape index (κ2) is 5.04. The lowest BCUT2D eigenvalue weighted by atomic mass is 10.2. The largest absolute Gasteiger partial charge is 0.377 e. The van der Waals surface area contributed by atoms with Crippen LogP contribution in [0.1, 0.15) is 22.8 Å². The number of methoxy groups -OCH3 is 1. The van der Waals surface area contributed by atoms with E-state index in [1.807, 2.05) is 20.8 Å². The average molecular weight is 267 g/mol. The van der Waals surface area contributed by atoms with E-state index in [2.05, 4.69) is 15.1 Å². The van der Waals surface area contributed by atoms with Gasteiger partial charge in [-0.3, -0.25) is 0 Å². The maximum absolute atomic E-state index is 5.99. The Balaban J connectivity index is 2.52. The topological polar surface area (TPSA) is 52.8 Å². The highest BCUT2D eigenvalue weighted by Crippen LogP contribution is 2.17. The predicted molar refractivity (Wildman–Crippen MR) is 69.1 cm³/mol. The summed E-state index contributed by atoms with van der Waals surface area (Å²) in [5, 5.41) is 4.84. The molecule has 5 nitrogen and oxygen atoms in total. The molecule has 0 aliphatic heterocycles. The summed E-state index contributed by atoms with van der Waals surface area (Å²) < 4.78 is 6.79. The number of aromatic nitrogens is 4. The molecule has 2 aromatic heterocycles. The average Bonchev–Trinajstić information content (AvgIpc) is 2.57. The van der Waals surface area contributed by atoms with E-state index >= 15 is 0 Å². The van der Waals surface area contributed by atoms with Gasteiger partial charge in [0, 0.05) is 18.9 Å². The van der Waals surface area contributed by atoms with Crippen molar-refractivity contribution < 1.29 is 4.74 Å². The van der Waals surface area contributed by atoms with Gasteiger partial charge in [-0.25, -0.2) is 14.6 Å². The Bertz CT molecular complexity index is 580. The molecule has 0 bridgehead atoms. The van der Waals surface area contributed by atoms with Crippen LogP contribution in [0.25, 0.3) is 5.82 Å². The summed E-state index contributed by atoms with van der Waals surface area (Å²) >= 11 is 5.99. The Kier molecular flexibility index (Phi) is 3.63. The molecule has 0 N–H and O–H groups in total. The Labute approximate surface area is 111 Å². The maximum atomic E-state index is 5.99. The van der Waals surface area contributed by atoms with E-state index in [4.69, 9.17) is 16.3 Å². The Morgan fingerprint density at radius 2 is 2.00 bits per heavy atom. The number of ether oxygens (including phenoxy) is 1. The highest BCUT2D eigenvalue weighted by molar-refractivity contribution is 6.29. The predicted octanol–water partition coefficient (Wildman–Crippen LogP) is 2.39. The number of rotatable bonds is 3. The lowest BCUT2D eigenvalue weighted by Gasteiger charge is -2.06. The van der Waals surface area contributed by atoms with Crippen LogP contribution in [-0.4, -0.2) is 26.9 Å². The second-order valence-electron chi connectivity index (χ2n) is 4.11. The molecule has 2 aromatic rings. The van der Waals surface area contributed by atoms with E-state index in [-0.39, 0.29) is 0 Å². The van der Waals surface area contributed by atoms with Crippen LogP contribution in [0.4, 0.5) is 0 Å². The van der Waals surface area contributed by atoms with Crippen molar-refractivity contribution in [3.05, 3.63) is 34.0 Å². The van der Waals surface area contributed by atoms with Crippen LogP contribution in [0.5, 0.6) is 0 Å². The molecule has 0 saturated heterocycles. The maximum Gasteiger partial charge on any atom is 0.158 e. The van der Waals surface area contributed by atoms with E-state index in [9.17, 15) is 0 Å². The Hall–Kier alpha value is -1.46. The highest BCUT2D eigenvalue weighted by atomic mass is 35.5. The van der Waals surface area contributed by atoms with E-state index in [1.54, 1.807) is 17.9 Å². The third-order valence-corrected chi connectivity index (χ3v) is 3.06. The van der Waals surface area contributed by atoms with Gasteiger partial charge in [-0.15, -0.1) is 0 Å². The summed E-state index contributed by atoms with van der Waals surface area (Å²) in [6.07, 6.45) is 0. The lowest BCUT2D eigenvalue weighted by Crippen LogP contribution is -2.06. The van der Waals surface area contributed by atoms with Gasteiger partial charge in [0.1, 0.15) is 11.8 Å². The van der Waals surface area contributed by atoms with Gasteiger partial charge >= 0.3 is 0 Å². The summed E-state index contributed by atoms with van der Waals surface area (Å²) in [5.74, 6) is 1.21. The third-order valence-electron chi connectivity index (χ3n) is 2.87. The molecule has 0 spiro atoms. The van der Waals surface area contributed by atoms with E-state index in [0.717, 1.165) is 17.0 Å². The van der Waals surface area contributed by atoms with Crippen molar-refractivity contribution >= 4 is 11.6 Å². The van der Waals surface area contributed by atoms with Crippen molar-refractivity contribution in [2.75, 3.05) is 7.11 Å². The van der Waals surface area contributed by atoms with Crippen LogP contribution in [0.3, 0.4) is 0 Å². The molecule has 2 heterocycles. The van der Waals surface area contributed by atoms with Gasteiger partial charge in [0.15, 0.2) is 11.6 Å². The normalized spacial score (nSPS) is 10.9. The third kappa shape index (κ3) is 2.37. The van der Waals surface area contributed by atoms with Crippen molar-refractivity contribution in [1.29, 1.82) is 0 Å². The number of aryl methyl sites for hydroxylation is 1. The molecule has 6 heteroatoms. The monoisotopic (exact) mass is 266 g/mol. The second-order valence-corrected chi connectivity index (χ2v) is 4.49. The smallest absolute Gasteiger partial charge is 0.158 e. The molecule has 0 radical (unpaired) electrons. The summed E-state index contributed by atoms with van der Waals surface area (Å²) in [4.78, 5) is 8.48. The molecule has 18 heavy (non-hydrogen) atoms. The fraction of sp³-hybridized carbons (Fsp3) is 0.417. The van der Waals surface area contributed by atoms with Gasteiger partial charge in [-0.1, -0.05) is 11.6 Å². The SMILES string of the molecule is COCc1nc(Cl)cc(-n2nc(C)c(C)c2C)n1. The summed E-state index contributed by atoms with van der Waals surface area (Å²) in [7, 11) is 1.59. The Morgan fingerprint density at radius 3 is 2.56 bits per heavy atom. The van der Waals surface area contributed by atoms with Crippen LogP contribution in [0.15, 0.2) is 6.07 Å². The molecule has 0 aliphatic rings. The zero-order valence-corrected chi connectivity index (χ0v) is 11.6. The van der Waals surface area contributed by atoms with Crippen LogP contribution < -0.4 is 0 Å². The Morgan fingerprint density at radius 1 is 1.28 bits per heavy atom. The van der Waals surface area contributed by atoms with Crippen molar-refractivity contribution in [2.24, 2.45) is 0 Å². The first kappa shape index (κ1) is 13.0. The lowest BCUT2D eigenvalue weighted by molar-refractivity contribution is 0.177. The fourth-order valence-corrected chi connectivity index (χ4v) is 1.89. The van der Waals surface area contributed by atoms with Crippen LogP contribution in [0, 0.1) is 20.8 Å². The van der Waals surface area contributed by atoms with Crippen molar-refractivity contribution in [2.45, 2.75) is 27.4 Å². The number of nitrogens with zero attached hydrogens (tertiary/aromatic N) is 4. The first-order valence-corrected chi connectivity index (χ1v) is 5.96. The minimum atomic E-state index is 0.325. The zero-order valence-electron chi connectivity index (χ0n) is 10.9. The van der Waals surface area contributed by atoms with Crippen LogP contribution in [0.2, 0.25) is 5.15 Å². The van der Waals surface area contributed by atoms with Gasteiger partial charge in [0.2, 0.25) is 0 Å². The van der Waals surface area contributed by atoms with Gasteiger partial charge in [-0.05, 0) is 26.3 Å². The van der Waals surface area contributed by atoms with E-state index in [1.165, 1.54) is 0 Å². The molecular weight excluding hydrogens is 252 g/mol. The minimum absolute atomic E-state index is 0.325. The van der Waals surface area contributed by atoms with Crippen molar-refractivity contribution in [3.8, 4) is 5.82 Å². The molecular formula is C12H15ClN4O. The number of halogens is 1. The minimum Gasteiger partial charge on any atom is -0.377 e. The van der Waals surface area contributed by atoms with Gasteiger partial charge in [0.05, 0.1) is 5.69 Å². The standard InChI is InChI=1S/C12H15ClN4O/c1-7-8(2)16-17(9(7)3)12-5-10(13)14-11(15-12)6-18-4/h5H,6H2,1-4H3. The molecule has 96 valence electrons. The van der Waals surface area contributed by atoms with Gasteiger partial charge in [-0.2, -0.15) is 5.10 Å². The molecule has 0 fully saturated rings. The summed E-state index contributed by atoms with van der Waals surface area (Å²) in [6, 6.07) is 1.69. The summed E-state index contributed by atoms with van der Waals surface area (Å²) in [5.41, 5.74) is 3.18. The van der Waals surface area contributed by atoms with E-state index in [0.29, 0.717) is 23.4 Å².